The molecule has 3 N–H and O–H groups in total. The van der Waals surface area contributed by atoms with Crippen molar-refractivity contribution < 1.29 is 10.2 Å². The standard InChI is InChI=1S/C11H13NO2.ClH/c13-10-2-1-9(7-11(10)14)8-3-5-12-6-4-8;/h1-3,7,12-14H,4-6H2;1H. The molecule has 4 heteroatoms. The molecular formula is C11H14ClNO2. The van der Waals surface area contributed by atoms with Gasteiger partial charge in [-0.2, -0.15) is 0 Å². The molecule has 0 saturated heterocycles. The van der Waals surface area contributed by atoms with Crippen molar-refractivity contribution >= 4 is 18.0 Å². The van der Waals surface area contributed by atoms with Gasteiger partial charge in [-0.1, -0.05) is 12.1 Å². The molecule has 2 rings (SSSR count). The Balaban J connectivity index is 0.00000112. The van der Waals surface area contributed by atoms with Gasteiger partial charge in [0, 0.05) is 6.54 Å². The van der Waals surface area contributed by atoms with Crippen LogP contribution in [0.2, 0.25) is 0 Å². The van der Waals surface area contributed by atoms with Crippen molar-refractivity contribution in [2.75, 3.05) is 13.1 Å². The predicted molar refractivity (Wildman–Crippen MR) is 62.5 cm³/mol. The topological polar surface area (TPSA) is 52.5 Å². The first kappa shape index (κ1) is 11.9. The first-order valence-corrected chi connectivity index (χ1v) is 4.69. The van der Waals surface area contributed by atoms with Gasteiger partial charge >= 0.3 is 0 Å². The molecule has 1 heterocycles. The Hall–Kier alpha value is -1.19. The molecule has 0 radical (unpaired) electrons. The Labute approximate surface area is 94.9 Å². The molecule has 0 aliphatic carbocycles. The highest BCUT2D eigenvalue weighted by atomic mass is 35.5. The summed E-state index contributed by atoms with van der Waals surface area (Å²) in [6.45, 7) is 1.84. The molecule has 15 heavy (non-hydrogen) atoms. The lowest BCUT2D eigenvalue weighted by Gasteiger charge is -2.14. The van der Waals surface area contributed by atoms with Gasteiger partial charge in [0.15, 0.2) is 11.5 Å². The maximum absolute atomic E-state index is 9.34. The number of phenols is 2. The SMILES string of the molecule is Cl.Oc1ccc(C2=CCNCC2)cc1O. The zero-order chi connectivity index (χ0) is 9.97. The van der Waals surface area contributed by atoms with E-state index in [0.29, 0.717) is 0 Å². The van der Waals surface area contributed by atoms with Crippen LogP contribution in [0.5, 0.6) is 11.5 Å². The number of rotatable bonds is 1. The van der Waals surface area contributed by atoms with E-state index in [-0.39, 0.29) is 23.9 Å². The molecule has 0 saturated carbocycles. The fraction of sp³-hybridized carbons (Fsp3) is 0.273. The molecule has 0 amide bonds. The lowest BCUT2D eigenvalue weighted by molar-refractivity contribution is 0.403. The molecule has 1 aliphatic heterocycles. The van der Waals surface area contributed by atoms with E-state index < -0.39 is 0 Å². The number of hydrogen-bond donors (Lipinski definition) is 3. The molecule has 3 nitrogen and oxygen atoms in total. The molecule has 0 atom stereocenters. The second kappa shape index (κ2) is 5.05. The molecule has 82 valence electrons. The number of benzene rings is 1. The average molecular weight is 228 g/mol. The molecule has 1 aromatic carbocycles. The Morgan fingerprint density at radius 2 is 1.93 bits per heavy atom. The van der Waals surface area contributed by atoms with E-state index in [4.69, 9.17) is 5.11 Å². The van der Waals surface area contributed by atoms with Gasteiger partial charge in [-0.05, 0) is 36.2 Å². The van der Waals surface area contributed by atoms with Crippen molar-refractivity contribution in [1.29, 1.82) is 0 Å². The van der Waals surface area contributed by atoms with Crippen LogP contribution in [0.15, 0.2) is 24.3 Å². The first-order chi connectivity index (χ1) is 6.77. The van der Waals surface area contributed by atoms with Crippen molar-refractivity contribution in [3.05, 3.63) is 29.8 Å². The predicted octanol–water partition coefficient (Wildman–Crippen LogP) is 1.90. The number of nitrogens with one attached hydrogen (secondary N) is 1. The van der Waals surface area contributed by atoms with E-state index in [9.17, 15) is 5.11 Å². The quantitative estimate of drug-likeness (QED) is 0.643. The molecule has 1 aliphatic rings. The summed E-state index contributed by atoms with van der Waals surface area (Å²) in [6.07, 6.45) is 3.07. The maximum atomic E-state index is 9.34. The highest BCUT2D eigenvalue weighted by molar-refractivity contribution is 5.85. The van der Waals surface area contributed by atoms with Gasteiger partial charge in [-0.25, -0.2) is 0 Å². The van der Waals surface area contributed by atoms with Crippen LogP contribution in [0.3, 0.4) is 0 Å². The third-order valence-electron chi connectivity index (χ3n) is 2.41. The summed E-state index contributed by atoms with van der Waals surface area (Å²) in [5, 5.41) is 21.7. The van der Waals surface area contributed by atoms with Gasteiger partial charge in [-0.3, -0.25) is 0 Å². The van der Waals surface area contributed by atoms with Gasteiger partial charge < -0.3 is 15.5 Å². The smallest absolute Gasteiger partial charge is 0.157 e. The lowest BCUT2D eigenvalue weighted by Crippen LogP contribution is -2.19. The van der Waals surface area contributed by atoms with Crippen LogP contribution in [-0.2, 0) is 0 Å². The Bertz CT molecular complexity index is 377. The van der Waals surface area contributed by atoms with Gasteiger partial charge in [-0.15, -0.1) is 12.4 Å². The van der Waals surface area contributed by atoms with Crippen molar-refractivity contribution in [2.45, 2.75) is 6.42 Å². The van der Waals surface area contributed by atoms with Crippen LogP contribution in [0.25, 0.3) is 5.57 Å². The molecule has 0 fully saturated rings. The summed E-state index contributed by atoms with van der Waals surface area (Å²) in [7, 11) is 0. The fourth-order valence-corrected chi connectivity index (χ4v) is 1.61. The van der Waals surface area contributed by atoms with E-state index >= 15 is 0 Å². The summed E-state index contributed by atoms with van der Waals surface area (Å²) >= 11 is 0. The van der Waals surface area contributed by atoms with E-state index in [1.165, 1.54) is 11.6 Å². The third kappa shape index (κ3) is 2.64. The Kier molecular flexibility index (Phi) is 4.00. The monoisotopic (exact) mass is 227 g/mol. The van der Waals surface area contributed by atoms with Crippen molar-refractivity contribution in [3.63, 3.8) is 0 Å². The fourth-order valence-electron chi connectivity index (χ4n) is 1.61. The number of hydrogen-bond acceptors (Lipinski definition) is 3. The maximum Gasteiger partial charge on any atom is 0.157 e. The van der Waals surface area contributed by atoms with E-state index in [2.05, 4.69) is 11.4 Å². The van der Waals surface area contributed by atoms with Crippen LogP contribution in [0.4, 0.5) is 0 Å². The first-order valence-electron chi connectivity index (χ1n) is 4.69. The third-order valence-corrected chi connectivity index (χ3v) is 2.41. The van der Waals surface area contributed by atoms with Crippen molar-refractivity contribution in [2.24, 2.45) is 0 Å². The molecule has 0 bridgehead atoms. The highest BCUT2D eigenvalue weighted by Gasteiger charge is 2.07. The highest BCUT2D eigenvalue weighted by Crippen LogP contribution is 2.29. The minimum atomic E-state index is -0.0664. The summed E-state index contributed by atoms with van der Waals surface area (Å²) in [6, 6.07) is 4.95. The van der Waals surface area contributed by atoms with Gasteiger partial charge in [0.05, 0.1) is 0 Å². The van der Waals surface area contributed by atoms with Crippen molar-refractivity contribution in [3.8, 4) is 11.5 Å². The largest absolute Gasteiger partial charge is 0.504 e. The van der Waals surface area contributed by atoms with E-state index in [1.807, 2.05) is 6.07 Å². The van der Waals surface area contributed by atoms with E-state index in [0.717, 1.165) is 25.1 Å². The Morgan fingerprint density at radius 1 is 1.13 bits per heavy atom. The molecule has 1 aromatic rings. The number of phenolic OH excluding ortho intramolecular Hbond substituents is 2. The number of halogens is 1. The van der Waals surface area contributed by atoms with Crippen LogP contribution in [0, 0.1) is 0 Å². The second-order valence-corrected chi connectivity index (χ2v) is 3.39. The molecule has 0 unspecified atom stereocenters. The van der Waals surface area contributed by atoms with Crippen molar-refractivity contribution in [1.82, 2.24) is 5.32 Å². The summed E-state index contributed by atoms with van der Waals surface area (Å²) < 4.78 is 0. The molecule has 0 spiro atoms. The molecular weight excluding hydrogens is 214 g/mol. The van der Waals surface area contributed by atoms with Crippen LogP contribution in [0.1, 0.15) is 12.0 Å². The Morgan fingerprint density at radius 3 is 2.53 bits per heavy atom. The average Bonchev–Trinajstić information content (AvgIpc) is 2.23. The van der Waals surface area contributed by atoms with Crippen LogP contribution < -0.4 is 5.32 Å². The van der Waals surface area contributed by atoms with Gasteiger partial charge in [0.1, 0.15) is 0 Å². The summed E-state index contributed by atoms with van der Waals surface area (Å²) in [5.74, 6) is -0.120. The molecule has 0 aromatic heterocycles. The minimum Gasteiger partial charge on any atom is -0.504 e. The normalized spacial score (nSPS) is 15.3. The van der Waals surface area contributed by atoms with E-state index in [1.54, 1.807) is 6.07 Å². The zero-order valence-electron chi connectivity index (χ0n) is 8.23. The van der Waals surface area contributed by atoms with Crippen LogP contribution in [-0.4, -0.2) is 23.3 Å². The second-order valence-electron chi connectivity index (χ2n) is 3.39. The summed E-state index contributed by atoms with van der Waals surface area (Å²) in [5.41, 5.74) is 2.21. The minimum absolute atomic E-state index is 0. The van der Waals surface area contributed by atoms with Crippen LogP contribution >= 0.6 is 12.4 Å². The zero-order valence-corrected chi connectivity index (χ0v) is 9.05. The summed E-state index contributed by atoms with van der Waals surface area (Å²) in [4.78, 5) is 0. The van der Waals surface area contributed by atoms with Gasteiger partial charge in [0.25, 0.3) is 0 Å². The number of aromatic hydroxyl groups is 2. The van der Waals surface area contributed by atoms with Gasteiger partial charge in [0.2, 0.25) is 0 Å². The lowest BCUT2D eigenvalue weighted by atomic mass is 10.00.